The van der Waals surface area contributed by atoms with Gasteiger partial charge in [-0.25, -0.2) is 4.98 Å². The van der Waals surface area contributed by atoms with Gasteiger partial charge in [0.05, 0.1) is 5.69 Å². The Labute approximate surface area is 65.0 Å². The Morgan fingerprint density at radius 3 is 3.09 bits per heavy atom. The van der Waals surface area contributed by atoms with Crippen LogP contribution in [-0.4, -0.2) is 22.0 Å². The summed E-state index contributed by atoms with van der Waals surface area (Å²) in [6.45, 7) is 1.90. The minimum atomic E-state index is 0.0880. The van der Waals surface area contributed by atoms with Crippen molar-refractivity contribution in [3.8, 4) is 0 Å². The lowest BCUT2D eigenvalue weighted by Crippen LogP contribution is -2.17. The molecule has 4 heteroatoms. The Kier molecular flexibility index (Phi) is 2.38. The monoisotopic (exact) mass is 153 g/mol. The van der Waals surface area contributed by atoms with Crippen molar-refractivity contribution in [2.75, 3.05) is 0 Å². The first-order chi connectivity index (χ1) is 5.22. The zero-order chi connectivity index (χ0) is 8.27. The summed E-state index contributed by atoms with van der Waals surface area (Å²) >= 11 is 0. The summed E-state index contributed by atoms with van der Waals surface area (Å²) in [6, 6.07) is 0.0880. The van der Waals surface area contributed by atoms with E-state index < -0.39 is 0 Å². The zero-order valence-electron chi connectivity index (χ0n) is 6.40. The van der Waals surface area contributed by atoms with Crippen LogP contribution in [0.5, 0.6) is 0 Å². The molecule has 2 N–H and O–H groups in total. The van der Waals surface area contributed by atoms with Gasteiger partial charge in [0.2, 0.25) is 6.41 Å². The van der Waals surface area contributed by atoms with Crippen LogP contribution in [0, 0.1) is 0 Å². The molecular weight excluding hydrogens is 142 g/mol. The molecule has 4 nitrogen and oxygen atoms in total. The highest BCUT2D eigenvalue weighted by atomic mass is 16.1. The fourth-order valence-electron chi connectivity index (χ4n) is 0.873. The van der Waals surface area contributed by atoms with Gasteiger partial charge in [0.15, 0.2) is 0 Å². The van der Waals surface area contributed by atoms with Crippen LogP contribution in [0.3, 0.4) is 0 Å². The minimum absolute atomic E-state index is 0.0880. The molecule has 0 spiro atoms. The molecular formula is C7H11N3O. The van der Waals surface area contributed by atoms with Crippen molar-refractivity contribution in [3.63, 3.8) is 0 Å². The van der Waals surface area contributed by atoms with Gasteiger partial charge < -0.3 is 5.73 Å². The Bertz CT molecular complexity index is 242. The van der Waals surface area contributed by atoms with Crippen molar-refractivity contribution >= 4 is 6.41 Å². The summed E-state index contributed by atoms with van der Waals surface area (Å²) < 4.78 is 1.37. The number of rotatable bonds is 3. The van der Waals surface area contributed by atoms with E-state index in [-0.39, 0.29) is 6.04 Å². The SMILES string of the molecule is C[C@@H](N)Cc1cn(C=O)cn1. The maximum atomic E-state index is 10.2. The fourth-order valence-corrected chi connectivity index (χ4v) is 0.873. The van der Waals surface area contributed by atoms with Crippen LogP contribution in [0.15, 0.2) is 12.5 Å². The van der Waals surface area contributed by atoms with Gasteiger partial charge in [-0.2, -0.15) is 0 Å². The van der Waals surface area contributed by atoms with E-state index in [9.17, 15) is 4.79 Å². The second-order valence-electron chi connectivity index (χ2n) is 2.60. The molecule has 0 amide bonds. The molecule has 60 valence electrons. The van der Waals surface area contributed by atoms with Crippen molar-refractivity contribution < 1.29 is 4.79 Å². The van der Waals surface area contributed by atoms with E-state index in [1.165, 1.54) is 10.9 Å². The zero-order valence-corrected chi connectivity index (χ0v) is 6.40. The van der Waals surface area contributed by atoms with E-state index in [1.54, 1.807) is 6.20 Å². The van der Waals surface area contributed by atoms with Gasteiger partial charge in [0.1, 0.15) is 6.33 Å². The second kappa shape index (κ2) is 3.30. The molecule has 0 aromatic carbocycles. The van der Waals surface area contributed by atoms with Crippen LogP contribution in [0.4, 0.5) is 0 Å². The lowest BCUT2D eigenvalue weighted by Gasteiger charge is -1.98. The van der Waals surface area contributed by atoms with E-state index in [0.717, 1.165) is 5.69 Å². The maximum Gasteiger partial charge on any atom is 0.219 e. The number of nitrogens with two attached hydrogens (primary N) is 1. The van der Waals surface area contributed by atoms with Crippen molar-refractivity contribution in [1.29, 1.82) is 0 Å². The van der Waals surface area contributed by atoms with E-state index in [2.05, 4.69) is 4.98 Å². The Morgan fingerprint density at radius 1 is 1.91 bits per heavy atom. The third-order valence-electron chi connectivity index (χ3n) is 1.31. The van der Waals surface area contributed by atoms with Crippen molar-refractivity contribution in [1.82, 2.24) is 9.55 Å². The first-order valence-electron chi connectivity index (χ1n) is 3.45. The normalized spacial score (nSPS) is 12.9. The van der Waals surface area contributed by atoms with Crippen LogP contribution in [0.25, 0.3) is 0 Å². The molecule has 0 radical (unpaired) electrons. The predicted molar refractivity (Wildman–Crippen MR) is 41.7 cm³/mol. The lowest BCUT2D eigenvalue weighted by molar-refractivity contribution is 0.547. The molecule has 1 aromatic heterocycles. The summed E-state index contributed by atoms with van der Waals surface area (Å²) in [5, 5.41) is 0. The molecule has 0 fully saturated rings. The molecule has 0 aliphatic heterocycles. The smallest absolute Gasteiger partial charge is 0.219 e. The third kappa shape index (κ3) is 2.16. The van der Waals surface area contributed by atoms with Crippen LogP contribution < -0.4 is 5.73 Å². The standard InChI is InChI=1S/C7H11N3O/c1-6(8)2-7-3-10(5-11)4-9-7/h3-6H,2,8H2,1H3/t6-/m1/s1. The molecule has 0 aliphatic rings. The van der Waals surface area contributed by atoms with Crippen molar-refractivity contribution in [3.05, 3.63) is 18.2 Å². The fraction of sp³-hybridized carbons (Fsp3) is 0.429. The summed E-state index contributed by atoms with van der Waals surface area (Å²) in [7, 11) is 0. The predicted octanol–water partition coefficient (Wildman–Crippen LogP) is -0.189. The van der Waals surface area contributed by atoms with Crippen LogP contribution in [0.2, 0.25) is 0 Å². The van der Waals surface area contributed by atoms with E-state index in [4.69, 9.17) is 5.73 Å². The first-order valence-corrected chi connectivity index (χ1v) is 3.45. The highest BCUT2D eigenvalue weighted by molar-refractivity contribution is 5.51. The minimum Gasteiger partial charge on any atom is -0.328 e. The molecule has 1 rings (SSSR count). The average molecular weight is 153 g/mol. The van der Waals surface area contributed by atoms with Gasteiger partial charge in [0.25, 0.3) is 0 Å². The summed E-state index contributed by atoms with van der Waals surface area (Å²) in [6.07, 6.45) is 4.57. The molecule has 0 aliphatic carbocycles. The Hall–Kier alpha value is -1.16. The topological polar surface area (TPSA) is 60.9 Å². The van der Waals surface area contributed by atoms with E-state index >= 15 is 0 Å². The number of aromatic nitrogens is 2. The van der Waals surface area contributed by atoms with Crippen LogP contribution >= 0.6 is 0 Å². The quantitative estimate of drug-likeness (QED) is 0.612. The summed E-state index contributed by atoms with van der Waals surface area (Å²) in [4.78, 5) is 14.2. The third-order valence-corrected chi connectivity index (χ3v) is 1.31. The highest BCUT2D eigenvalue weighted by Crippen LogP contribution is 1.96. The van der Waals surface area contributed by atoms with Crippen LogP contribution in [0.1, 0.15) is 12.6 Å². The lowest BCUT2D eigenvalue weighted by atomic mass is 10.2. The number of carbonyl (C=O) groups excluding carboxylic acids is 1. The van der Waals surface area contributed by atoms with Gasteiger partial charge in [0, 0.05) is 18.7 Å². The average Bonchev–Trinajstić information content (AvgIpc) is 2.34. The van der Waals surface area contributed by atoms with Gasteiger partial charge in [-0.15, -0.1) is 0 Å². The maximum absolute atomic E-state index is 10.2. The Balaban J connectivity index is 2.65. The first kappa shape index (κ1) is 7.94. The molecule has 0 saturated carbocycles. The van der Waals surface area contributed by atoms with E-state index in [1.807, 2.05) is 6.92 Å². The number of hydrogen-bond acceptors (Lipinski definition) is 3. The molecule has 1 aromatic rings. The van der Waals surface area contributed by atoms with Gasteiger partial charge in [-0.05, 0) is 6.92 Å². The summed E-state index contributed by atoms with van der Waals surface area (Å²) in [5.74, 6) is 0. The molecule has 0 bridgehead atoms. The number of imidazole rings is 1. The van der Waals surface area contributed by atoms with Gasteiger partial charge in [-0.3, -0.25) is 9.36 Å². The van der Waals surface area contributed by atoms with Crippen molar-refractivity contribution in [2.45, 2.75) is 19.4 Å². The number of hydrogen-bond donors (Lipinski definition) is 1. The molecule has 1 atom stereocenters. The highest BCUT2D eigenvalue weighted by Gasteiger charge is 2.00. The largest absolute Gasteiger partial charge is 0.328 e. The summed E-state index contributed by atoms with van der Waals surface area (Å²) in [5.41, 5.74) is 6.39. The Morgan fingerprint density at radius 2 is 2.64 bits per heavy atom. The molecule has 0 saturated heterocycles. The molecule has 11 heavy (non-hydrogen) atoms. The van der Waals surface area contributed by atoms with E-state index in [0.29, 0.717) is 12.8 Å². The van der Waals surface area contributed by atoms with Gasteiger partial charge >= 0.3 is 0 Å². The van der Waals surface area contributed by atoms with Gasteiger partial charge in [-0.1, -0.05) is 0 Å². The second-order valence-corrected chi connectivity index (χ2v) is 2.60. The molecule has 1 heterocycles. The molecule has 0 unspecified atom stereocenters. The van der Waals surface area contributed by atoms with Crippen molar-refractivity contribution in [2.24, 2.45) is 5.73 Å². The van der Waals surface area contributed by atoms with Crippen LogP contribution in [-0.2, 0) is 11.2 Å². The number of nitrogens with zero attached hydrogens (tertiary/aromatic N) is 2. The number of carbonyl (C=O) groups is 1.